The van der Waals surface area contributed by atoms with Gasteiger partial charge < -0.3 is 4.42 Å². The van der Waals surface area contributed by atoms with Gasteiger partial charge in [-0.1, -0.05) is 58.0 Å². The zero-order valence-electron chi connectivity index (χ0n) is 14.2. The van der Waals surface area contributed by atoms with Crippen molar-refractivity contribution in [3.63, 3.8) is 0 Å². The van der Waals surface area contributed by atoms with E-state index in [1.54, 1.807) is 0 Å². The first-order chi connectivity index (χ1) is 11.0. The number of aryl methyl sites for hydroxylation is 1. The van der Waals surface area contributed by atoms with Crippen molar-refractivity contribution in [2.24, 2.45) is 0 Å². The summed E-state index contributed by atoms with van der Waals surface area (Å²) in [7, 11) is 0. The Bertz CT molecular complexity index is 1030. The highest BCUT2D eigenvalue weighted by Gasteiger charge is 2.16. The van der Waals surface area contributed by atoms with Crippen LogP contribution in [0.25, 0.3) is 32.7 Å². The van der Waals surface area contributed by atoms with E-state index >= 15 is 0 Å². The predicted molar refractivity (Wildman–Crippen MR) is 99.3 cm³/mol. The Labute approximate surface area is 136 Å². The monoisotopic (exact) mass is 302 g/mol. The maximum absolute atomic E-state index is 6.17. The van der Waals surface area contributed by atoms with E-state index in [2.05, 4.69) is 76.2 Å². The van der Waals surface area contributed by atoms with E-state index in [4.69, 9.17) is 4.42 Å². The molecule has 0 aliphatic rings. The van der Waals surface area contributed by atoms with Gasteiger partial charge in [-0.05, 0) is 51.9 Å². The SMILES string of the molecule is CCc1ccc2cc3c(cc2c1)oc1cc(C(C)(C)C)ccc13. The summed E-state index contributed by atoms with van der Waals surface area (Å²) in [6.45, 7) is 8.89. The molecule has 1 nitrogen and oxygen atoms in total. The maximum Gasteiger partial charge on any atom is 0.136 e. The Kier molecular flexibility index (Phi) is 3.02. The molecule has 0 unspecified atom stereocenters. The number of fused-ring (bicyclic) bond motifs is 4. The van der Waals surface area contributed by atoms with Gasteiger partial charge in [0.25, 0.3) is 0 Å². The van der Waals surface area contributed by atoms with Crippen LogP contribution in [-0.4, -0.2) is 0 Å². The molecular weight excluding hydrogens is 280 g/mol. The Morgan fingerprint density at radius 3 is 2.30 bits per heavy atom. The van der Waals surface area contributed by atoms with E-state index in [0.29, 0.717) is 0 Å². The van der Waals surface area contributed by atoms with E-state index in [1.165, 1.54) is 32.7 Å². The van der Waals surface area contributed by atoms with Crippen LogP contribution in [0.15, 0.2) is 52.9 Å². The molecule has 1 heteroatoms. The van der Waals surface area contributed by atoms with Crippen molar-refractivity contribution in [3.8, 4) is 0 Å². The predicted octanol–water partition coefficient (Wildman–Crippen LogP) is 6.60. The number of furan rings is 1. The van der Waals surface area contributed by atoms with E-state index in [0.717, 1.165) is 17.6 Å². The summed E-state index contributed by atoms with van der Waals surface area (Å²) >= 11 is 0. The van der Waals surface area contributed by atoms with Crippen LogP contribution < -0.4 is 0 Å². The highest BCUT2D eigenvalue weighted by molar-refractivity contribution is 6.10. The smallest absolute Gasteiger partial charge is 0.136 e. The van der Waals surface area contributed by atoms with Crippen LogP contribution in [-0.2, 0) is 11.8 Å². The molecule has 0 aliphatic heterocycles. The van der Waals surface area contributed by atoms with Gasteiger partial charge in [0.15, 0.2) is 0 Å². The van der Waals surface area contributed by atoms with E-state index in [9.17, 15) is 0 Å². The molecule has 0 amide bonds. The second kappa shape index (κ2) is 4.86. The summed E-state index contributed by atoms with van der Waals surface area (Å²) in [5.74, 6) is 0. The van der Waals surface area contributed by atoms with Crippen molar-refractivity contribution in [2.75, 3.05) is 0 Å². The lowest BCUT2D eigenvalue weighted by Gasteiger charge is -2.18. The number of rotatable bonds is 1. The van der Waals surface area contributed by atoms with Gasteiger partial charge in [0.1, 0.15) is 11.2 Å². The Morgan fingerprint density at radius 1 is 0.783 bits per heavy atom. The molecule has 0 bridgehead atoms. The van der Waals surface area contributed by atoms with Gasteiger partial charge in [-0.3, -0.25) is 0 Å². The van der Waals surface area contributed by atoms with Crippen LogP contribution in [0, 0.1) is 0 Å². The van der Waals surface area contributed by atoms with Gasteiger partial charge in [-0.15, -0.1) is 0 Å². The first-order valence-electron chi connectivity index (χ1n) is 8.35. The molecule has 0 N–H and O–H groups in total. The van der Waals surface area contributed by atoms with Crippen LogP contribution in [0.2, 0.25) is 0 Å². The molecule has 1 heterocycles. The summed E-state index contributed by atoms with van der Waals surface area (Å²) in [5, 5.41) is 4.94. The van der Waals surface area contributed by atoms with Gasteiger partial charge in [-0.25, -0.2) is 0 Å². The fourth-order valence-electron chi connectivity index (χ4n) is 3.26. The molecule has 116 valence electrons. The molecule has 0 saturated heterocycles. The molecule has 4 aromatic rings. The quantitative estimate of drug-likeness (QED) is 0.386. The molecule has 0 radical (unpaired) electrons. The van der Waals surface area contributed by atoms with Gasteiger partial charge >= 0.3 is 0 Å². The van der Waals surface area contributed by atoms with Gasteiger partial charge in [0.05, 0.1) is 0 Å². The normalized spacial score (nSPS) is 12.5. The number of benzene rings is 3. The minimum atomic E-state index is 0.133. The largest absolute Gasteiger partial charge is 0.456 e. The van der Waals surface area contributed by atoms with E-state index in [-0.39, 0.29) is 5.41 Å². The summed E-state index contributed by atoms with van der Waals surface area (Å²) in [6.07, 6.45) is 1.06. The van der Waals surface area contributed by atoms with Crippen LogP contribution in [0.1, 0.15) is 38.8 Å². The lowest BCUT2D eigenvalue weighted by atomic mass is 9.86. The lowest BCUT2D eigenvalue weighted by molar-refractivity contribution is 0.587. The zero-order chi connectivity index (χ0) is 16.2. The van der Waals surface area contributed by atoms with Crippen molar-refractivity contribution in [1.29, 1.82) is 0 Å². The fourth-order valence-corrected chi connectivity index (χ4v) is 3.26. The van der Waals surface area contributed by atoms with Gasteiger partial charge in [0, 0.05) is 10.8 Å². The van der Waals surface area contributed by atoms with E-state index in [1.807, 2.05) is 0 Å². The topological polar surface area (TPSA) is 13.1 Å². The molecule has 0 atom stereocenters. The summed E-state index contributed by atoms with van der Waals surface area (Å²) in [5.41, 5.74) is 4.77. The Balaban J connectivity index is 2.01. The minimum Gasteiger partial charge on any atom is -0.456 e. The summed E-state index contributed by atoms with van der Waals surface area (Å²) in [6, 6.07) is 17.8. The Hall–Kier alpha value is -2.28. The third-order valence-electron chi connectivity index (χ3n) is 4.77. The molecule has 1 aromatic heterocycles. The number of hydrogen-bond donors (Lipinski definition) is 0. The highest BCUT2D eigenvalue weighted by Crippen LogP contribution is 2.35. The minimum absolute atomic E-state index is 0.133. The van der Waals surface area contributed by atoms with Crippen molar-refractivity contribution in [1.82, 2.24) is 0 Å². The summed E-state index contributed by atoms with van der Waals surface area (Å²) < 4.78 is 6.17. The molecule has 0 fully saturated rings. The molecule has 0 aliphatic carbocycles. The van der Waals surface area contributed by atoms with Crippen LogP contribution >= 0.6 is 0 Å². The second-order valence-electron chi connectivity index (χ2n) is 7.45. The third-order valence-corrected chi connectivity index (χ3v) is 4.77. The van der Waals surface area contributed by atoms with Crippen LogP contribution in [0.4, 0.5) is 0 Å². The van der Waals surface area contributed by atoms with Crippen LogP contribution in [0.5, 0.6) is 0 Å². The molecule has 0 saturated carbocycles. The van der Waals surface area contributed by atoms with Gasteiger partial charge in [-0.2, -0.15) is 0 Å². The third kappa shape index (κ3) is 2.31. The maximum atomic E-state index is 6.17. The number of hydrogen-bond acceptors (Lipinski definition) is 1. The Morgan fingerprint density at radius 2 is 1.57 bits per heavy atom. The first-order valence-corrected chi connectivity index (χ1v) is 8.35. The van der Waals surface area contributed by atoms with Crippen molar-refractivity contribution < 1.29 is 4.42 Å². The highest BCUT2D eigenvalue weighted by atomic mass is 16.3. The first kappa shape index (κ1) is 14.3. The second-order valence-corrected chi connectivity index (χ2v) is 7.45. The molecule has 4 rings (SSSR count). The summed E-state index contributed by atoms with van der Waals surface area (Å²) in [4.78, 5) is 0. The van der Waals surface area contributed by atoms with Crippen molar-refractivity contribution in [2.45, 2.75) is 39.5 Å². The zero-order valence-corrected chi connectivity index (χ0v) is 14.2. The average molecular weight is 302 g/mol. The van der Waals surface area contributed by atoms with E-state index < -0.39 is 0 Å². The fraction of sp³-hybridized carbons (Fsp3) is 0.273. The average Bonchev–Trinajstić information content (AvgIpc) is 2.87. The molecule has 3 aromatic carbocycles. The van der Waals surface area contributed by atoms with Crippen molar-refractivity contribution >= 4 is 32.7 Å². The molecule has 0 spiro atoms. The van der Waals surface area contributed by atoms with Gasteiger partial charge in [0.2, 0.25) is 0 Å². The molecular formula is C22H22O. The van der Waals surface area contributed by atoms with Crippen molar-refractivity contribution in [3.05, 3.63) is 59.7 Å². The standard InChI is InChI=1S/C22H22O/c1-5-14-6-7-15-11-19-18-9-8-17(22(2,3)4)13-21(18)23-20(19)12-16(15)10-14/h6-13H,5H2,1-4H3. The molecule has 23 heavy (non-hydrogen) atoms. The lowest BCUT2D eigenvalue weighted by Crippen LogP contribution is -2.10. The van der Waals surface area contributed by atoms with Crippen LogP contribution in [0.3, 0.4) is 0 Å².